The number of hydrogen-bond donors (Lipinski definition) is 1. The van der Waals surface area contributed by atoms with Crippen molar-refractivity contribution in [2.75, 3.05) is 13.1 Å². The van der Waals surface area contributed by atoms with Crippen LogP contribution in [0.2, 0.25) is 5.15 Å². The Morgan fingerprint density at radius 1 is 1.12 bits per heavy atom. The van der Waals surface area contributed by atoms with Crippen molar-refractivity contribution >= 4 is 35.0 Å². The van der Waals surface area contributed by atoms with Crippen LogP contribution in [0.3, 0.4) is 0 Å². The van der Waals surface area contributed by atoms with Gasteiger partial charge in [0.25, 0.3) is 5.88 Å². The van der Waals surface area contributed by atoms with Crippen LogP contribution in [0.15, 0.2) is 24.3 Å². The SMILES string of the molecule is Cl.FC(F)(F)C(Oc1nc2ccccc2nc1Cl)C1(F)CCNCC1. The summed E-state index contributed by atoms with van der Waals surface area (Å²) in [5.74, 6) is -0.520. The van der Waals surface area contributed by atoms with Gasteiger partial charge in [0, 0.05) is 0 Å². The number of alkyl halides is 4. The molecule has 1 unspecified atom stereocenters. The second-order valence-electron chi connectivity index (χ2n) is 5.63. The molecule has 1 fully saturated rings. The average molecular weight is 400 g/mol. The van der Waals surface area contributed by atoms with Crippen molar-refractivity contribution in [3.63, 3.8) is 0 Å². The molecular formula is C15H15Cl2F4N3O. The summed E-state index contributed by atoms with van der Waals surface area (Å²) >= 11 is 5.88. The highest BCUT2D eigenvalue weighted by Gasteiger charge is 2.57. The fraction of sp³-hybridized carbons (Fsp3) is 0.467. The van der Waals surface area contributed by atoms with Gasteiger partial charge < -0.3 is 10.1 Å². The number of halogens is 6. The van der Waals surface area contributed by atoms with Crippen molar-refractivity contribution in [2.24, 2.45) is 0 Å². The monoisotopic (exact) mass is 399 g/mol. The molecule has 3 rings (SSSR count). The molecule has 2 aromatic rings. The third-order valence-corrected chi connectivity index (χ3v) is 4.18. The molecule has 4 nitrogen and oxygen atoms in total. The highest BCUT2D eigenvalue weighted by atomic mass is 35.5. The van der Waals surface area contributed by atoms with E-state index in [1.807, 2.05) is 0 Å². The van der Waals surface area contributed by atoms with E-state index in [0.29, 0.717) is 11.0 Å². The molecule has 25 heavy (non-hydrogen) atoms. The Labute approximate surface area is 152 Å². The number of benzene rings is 1. The molecule has 0 saturated carbocycles. The van der Waals surface area contributed by atoms with Crippen LogP contribution < -0.4 is 10.1 Å². The molecule has 1 aliphatic rings. The second kappa shape index (κ2) is 7.47. The van der Waals surface area contributed by atoms with E-state index in [9.17, 15) is 17.6 Å². The van der Waals surface area contributed by atoms with Crippen LogP contribution >= 0.6 is 24.0 Å². The maximum Gasteiger partial charge on any atom is 0.428 e. The number of nitrogens with one attached hydrogen (secondary N) is 1. The molecule has 1 saturated heterocycles. The van der Waals surface area contributed by atoms with Gasteiger partial charge in [-0.05, 0) is 38.1 Å². The average Bonchev–Trinajstić information content (AvgIpc) is 2.52. The van der Waals surface area contributed by atoms with E-state index in [-0.39, 0.29) is 43.5 Å². The van der Waals surface area contributed by atoms with E-state index in [4.69, 9.17) is 16.3 Å². The summed E-state index contributed by atoms with van der Waals surface area (Å²) in [7, 11) is 0. The molecule has 0 amide bonds. The lowest BCUT2D eigenvalue weighted by Gasteiger charge is -2.37. The fourth-order valence-electron chi connectivity index (χ4n) is 2.72. The maximum absolute atomic E-state index is 14.9. The first-order valence-corrected chi connectivity index (χ1v) is 7.73. The Morgan fingerprint density at radius 3 is 2.24 bits per heavy atom. The van der Waals surface area contributed by atoms with Crippen LogP contribution in [0, 0.1) is 0 Å². The predicted molar refractivity (Wildman–Crippen MR) is 88.2 cm³/mol. The normalized spacial score (nSPS) is 18.4. The lowest BCUT2D eigenvalue weighted by Crippen LogP contribution is -2.56. The van der Waals surface area contributed by atoms with Gasteiger partial charge >= 0.3 is 6.18 Å². The Kier molecular flexibility index (Phi) is 5.96. The number of nitrogens with zero attached hydrogens (tertiary/aromatic N) is 2. The number of rotatable bonds is 3. The number of ether oxygens (including phenoxy) is 1. The number of hydrogen-bond acceptors (Lipinski definition) is 4. The van der Waals surface area contributed by atoms with Crippen molar-refractivity contribution in [3.8, 4) is 5.88 Å². The van der Waals surface area contributed by atoms with Crippen LogP contribution in [0.25, 0.3) is 11.0 Å². The van der Waals surface area contributed by atoms with E-state index in [1.54, 1.807) is 24.3 Å². The molecule has 0 aliphatic carbocycles. The first-order valence-electron chi connectivity index (χ1n) is 7.35. The quantitative estimate of drug-likeness (QED) is 0.789. The molecule has 0 spiro atoms. The molecule has 1 aliphatic heterocycles. The first-order chi connectivity index (χ1) is 11.3. The van der Waals surface area contributed by atoms with Gasteiger partial charge in [-0.15, -0.1) is 12.4 Å². The van der Waals surface area contributed by atoms with Gasteiger partial charge in [0.15, 0.2) is 10.8 Å². The predicted octanol–water partition coefficient (Wildman–Crippen LogP) is 4.11. The fourth-order valence-corrected chi connectivity index (χ4v) is 2.90. The third-order valence-electron chi connectivity index (χ3n) is 3.93. The van der Waals surface area contributed by atoms with Crippen molar-refractivity contribution in [1.29, 1.82) is 0 Å². The summed E-state index contributed by atoms with van der Waals surface area (Å²) < 4.78 is 60.0. The van der Waals surface area contributed by atoms with Crippen molar-refractivity contribution in [2.45, 2.75) is 30.8 Å². The van der Waals surface area contributed by atoms with Crippen LogP contribution in [0.5, 0.6) is 5.88 Å². The molecule has 2 heterocycles. The summed E-state index contributed by atoms with van der Waals surface area (Å²) in [6, 6.07) is 6.52. The van der Waals surface area contributed by atoms with E-state index in [0.717, 1.165) is 0 Å². The zero-order valence-corrected chi connectivity index (χ0v) is 14.4. The van der Waals surface area contributed by atoms with Crippen molar-refractivity contribution in [1.82, 2.24) is 15.3 Å². The molecule has 0 bridgehead atoms. The summed E-state index contributed by atoms with van der Waals surface area (Å²) in [5, 5.41) is 2.50. The number of fused-ring (bicyclic) bond motifs is 1. The second-order valence-corrected chi connectivity index (χ2v) is 5.99. The maximum atomic E-state index is 14.9. The van der Waals surface area contributed by atoms with E-state index >= 15 is 0 Å². The van der Waals surface area contributed by atoms with Gasteiger partial charge in [-0.25, -0.2) is 14.4 Å². The molecule has 10 heteroatoms. The van der Waals surface area contributed by atoms with E-state index < -0.39 is 23.8 Å². The summed E-state index contributed by atoms with van der Waals surface area (Å²) in [4.78, 5) is 7.91. The van der Waals surface area contributed by atoms with E-state index in [2.05, 4.69) is 15.3 Å². The molecular weight excluding hydrogens is 385 g/mol. The summed E-state index contributed by atoms with van der Waals surface area (Å²) in [6.07, 6.45) is -8.17. The smallest absolute Gasteiger partial charge is 0.428 e. The minimum absolute atomic E-state index is 0. The van der Waals surface area contributed by atoms with E-state index in [1.165, 1.54) is 0 Å². The van der Waals surface area contributed by atoms with Crippen LogP contribution in [-0.4, -0.2) is 41.0 Å². The summed E-state index contributed by atoms with van der Waals surface area (Å²) in [5.41, 5.74) is -1.81. The lowest BCUT2D eigenvalue weighted by molar-refractivity contribution is -0.236. The van der Waals surface area contributed by atoms with Gasteiger partial charge in [0.2, 0.25) is 6.10 Å². The molecule has 1 aromatic carbocycles. The highest BCUT2D eigenvalue weighted by Crippen LogP contribution is 2.40. The van der Waals surface area contributed by atoms with Gasteiger partial charge in [-0.2, -0.15) is 13.2 Å². The minimum atomic E-state index is -4.90. The third kappa shape index (κ3) is 4.24. The van der Waals surface area contributed by atoms with Crippen molar-refractivity contribution in [3.05, 3.63) is 29.4 Å². The molecule has 138 valence electrons. The zero-order valence-electron chi connectivity index (χ0n) is 12.8. The number of para-hydroxylation sites is 2. The lowest BCUT2D eigenvalue weighted by atomic mass is 9.88. The molecule has 1 N–H and O–H groups in total. The van der Waals surface area contributed by atoms with Gasteiger partial charge in [-0.3, -0.25) is 0 Å². The first kappa shape index (κ1) is 19.9. The van der Waals surface area contributed by atoms with Crippen LogP contribution in [0.4, 0.5) is 17.6 Å². The van der Waals surface area contributed by atoms with Gasteiger partial charge in [0.05, 0.1) is 11.0 Å². The standard InChI is InChI=1S/C15H14ClF4N3O.ClH/c16-11-12(23-10-4-2-1-3-9(10)22-11)24-13(15(18,19)20)14(17)5-7-21-8-6-14;/h1-4,13,21H,5-8H2;1H. The number of aromatic nitrogens is 2. The molecule has 1 atom stereocenters. The number of piperidine rings is 1. The summed E-state index contributed by atoms with van der Waals surface area (Å²) in [6.45, 7) is 0.285. The Morgan fingerprint density at radius 2 is 1.68 bits per heavy atom. The zero-order chi connectivity index (χ0) is 17.4. The Balaban J connectivity index is 0.00000225. The molecule has 1 aromatic heterocycles. The largest absolute Gasteiger partial charge is 0.459 e. The van der Waals surface area contributed by atoms with Crippen LogP contribution in [0.1, 0.15) is 12.8 Å². The van der Waals surface area contributed by atoms with Crippen molar-refractivity contribution < 1.29 is 22.3 Å². The Hall–Kier alpha value is -1.38. The van der Waals surface area contributed by atoms with Crippen LogP contribution in [-0.2, 0) is 0 Å². The molecule has 0 radical (unpaired) electrons. The Bertz CT molecular complexity index is 738. The van der Waals surface area contributed by atoms with Gasteiger partial charge in [-0.1, -0.05) is 23.7 Å². The minimum Gasteiger partial charge on any atom is -0.459 e. The topological polar surface area (TPSA) is 47.0 Å². The van der Waals surface area contributed by atoms with Gasteiger partial charge in [0.1, 0.15) is 0 Å². The highest BCUT2D eigenvalue weighted by molar-refractivity contribution is 6.31.